The van der Waals surface area contributed by atoms with Crippen molar-refractivity contribution in [3.8, 4) is 0 Å². The van der Waals surface area contributed by atoms with Crippen LogP contribution in [0.1, 0.15) is 10.4 Å². The summed E-state index contributed by atoms with van der Waals surface area (Å²) in [5, 5.41) is 3.08. The van der Waals surface area contributed by atoms with Gasteiger partial charge in [-0.25, -0.2) is 8.42 Å². The van der Waals surface area contributed by atoms with Gasteiger partial charge in [0.15, 0.2) is 9.84 Å². The van der Waals surface area contributed by atoms with E-state index in [0.29, 0.717) is 49.8 Å². The second kappa shape index (κ2) is 8.06. The van der Waals surface area contributed by atoms with Gasteiger partial charge >= 0.3 is 0 Å². The molecule has 1 fully saturated rings. The molecule has 1 N–H and O–H groups in total. The van der Waals surface area contributed by atoms with Gasteiger partial charge in [0, 0.05) is 38.0 Å². The van der Waals surface area contributed by atoms with Crippen molar-refractivity contribution >= 4 is 37.3 Å². The number of benzene rings is 2. The van der Waals surface area contributed by atoms with Crippen LogP contribution in [0.2, 0.25) is 0 Å². The van der Waals surface area contributed by atoms with Gasteiger partial charge in [0.1, 0.15) is 10.7 Å². The molecule has 9 nitrogen and oxygen atoms in total. The normalized spacial score (nSPS) is 18.6. The van der Waals surface area contributed by atoms with Crippen molar-refractivity contribution in [1.29, 1.82) is 0 Å². The van der Waals surface area contributed by atoms with Gasteiger partial charge in [-0.05, 0) is 36.4 Å². The lowest BCUT2D eigenvalue weighted by Gasteiger charge is -2.35. The molecule has 11 heteroatoms. The zero-order chi connectivity index (χ0) is 22.2. The zero-order valence-corrected chi connectivity index (χ0v) is 18.5. The molecule has 2 aliphatic heterocycles. The molecule has 2 heterocycles. The molecular formula is C20H22N4O5S2. The number of sulfonamides is 1. The highest BCUT2D eigenvalue weighted by molar-refractivity contribution is 7.91. The summed E-state index contributed by atoms with van der Waals surface area (Å²) in [7, 11) is -7.03. The molecule has 31 heavy (non-hydrogen) atoms. The second-order valence-corrected chi connectivity index (χ2v) is 11.1. The smallest absolute Gasteiger partial charge is 0.286 e. The van der Waals surface area contributed by atoms with E-state index in [4.69, 9.17) is 0 Å². The Kier molecular flexibility index (Phi) is 5.58. The van der Waals surface area contributed by atoms with Crippen molar-refractivity contribution in [2.45, 2.75) is 9.79 Å². The third-order valence-corrected chi connectivity index (χ3v) is 7.74. The van der Waals surface area contributed by atoms with Crippen molar-refractivity contribution in [2.75, 3.05) is 44.3 Å². The first-order valence-electron chi connectivity index (χ1n) is 9.65. The van der Waals surface area contributed by atoms with Gasteiger partial charge in [0.25, 0.3) is 15.9 Å². The van der Waals surface area contributed by atoms with E-state index in [9.17, 15) is 21.6 Å². The van der Waals surface area contributed by atoms with Crippen LogP contribution in [0.4, 0.5) is 5.69 Å². The van der Waals surface area contributed by atoms with Crippen LogP contribution in [0.15, 0.2) is 62.7 Å². The summed E-state index contributed by atoms with van der Waals surface area (Å²) in [4.78, 5) is 16.8. The lowest BCUT2D eigenvalue weighted by molar-refractivity contribution is 0.0654. The average molecular weight is 463 g/mol. The van der Waals surface area contributed by atoms with Crippen LogP contribution >= 0.6 is 0 Å². The van der Waals surface area contributed by atoms with Crippen LogP contribution in [0.25, 0.3) is 0 Å². The topological polar surface area (TPSA) is 116 Å². The monoisotopic (exact) mass is 462 g/mol. The minimum atomic E-state index is -3.72. The minimum absolute atomic E-state index is 0.163. The summed E-state index contributed by atoms with van der Waals surface area (Å²) in [6, 6.07) is 12.6. The molecule has 0 spiro atoms. The van der Waals surface area contributed by atoms with E-state index in [0.717, 1.165) is 6.26 Å². The Bertz CT molecular complexity index is 1250. The standard InChI is InChI=1S/C20H22N4O5S2/c1-30(26,27)16-8-6-15(7-9-16)20(25)24-12-10-23(11-13-24)14-19-21-17-4-2-3-5-18(17)31(28,29)22-19/h2-9H,10-14H2,1H3,(H,21,22). The summed E-state index contributed by atoms with van der Waals surface area (Å²) in [6.07, 6.45) is 1.12. The number of nitrogens with zero attached hydrogens (tertiary/aromatic N) is 3. The molecule has 2 aromatic rings. The molecule has 0 aromatic heterocycles. The Hall–Kier alpha value is -2.76. The van der Waals surface area contributed by atoms with Gasteiger partial charge in [0.2, 0.25) is 0 Å². The third-order valence-electron chi connectivity index (χ3n) is 5.24. The van der Waals surface area contributed by atoms with Crippen molar-refractivity contribution in [3.05, 3.63) is 54.1 Å². The van der Waals surface area contributed by atoms with Crippen molar-refractivity contribution in [3.63, 3.8) is 0 Å². The van der Waals surface area contributed by atoms with Crippen LogP contribution in [-0.4, -0.2) is 77.4 Å². The Morgan fingerprint density at radius 3 is 2.32 bits per heavy atom. The van der Waals surface area contributed by atoms with Crippen LogP contribution in [-0.2, 0) is 19.9 Å². The fourth-order valence-corrected chi connectivity index (χ4v) is 5.35. The number of nitrogens with one attached hydrogen (secondary N) is 1. The van der Waals surface area contributed by atoms with E-state index >= 15 is 0 Å². The Morgan fingerprint density at radius 1 is 1.03 bits per heavy atom. The molecule has 2 aromatic carbocycles. The number of piperazine rings is 1. The molecule has 0 aliphatic carbocycles. The predicted octanol–water partition coefficient (Wildman–Crippen LogP) is 1.06. The quantitative estimate of drug-likeness (QED) is 0.722. The SMILES string of the molecule is CS(=O)(=O)c1ccc(C(=O)N2CCN(CC3=NS(=O)(=O)c4ccccc4N3)CC2)cc1. The number of amides is 1. The molecule has 0 bridgehead atoms. The lowest BCUT2D eigenvalue weighted by atomic mass is 10.2. The first-order chi connectivity index (χ1) is 14.6. The Balaban J connectivity index is 1.37. The summed E-state index contributed by atoms with van der Waals surface area (Å²) in [5.41, 5.74) is 0.945. The van der Waals surface area contributed by atoms with E-state index in [-0.39, 0.29) is 15.7 Å². The summed E-state index contributed by atoms with van der Waals surface area (Å²) < 4.78 is 51.8. The molecule has 0 radical (unpaired) electrons. The number of carbonyl (C=O) groups is 1. The minimum Gasteiger partial charge on any atom is -0.341 e. The number of hydrogen-bond donors (Lipinski definition) is 1. The van der Waals surface area contributed by atoms with E-state index in [1.807, 2.05) is 4.90 Å². The van der Waals surface area contributed by atoms with Crippen LogP contribution < -0.4 is 5.32 Å². The molecule has 1 saturated heterocycles. The molecule has 1 amide bonds. The van der Waals surface area contributed by atoms with Crippen LogP contribution in [0, 0.1) is 0 Å². The number of carbonyl (C=O) groups excluding carboxylic acids is 1. The number of rotatable bonds is 4. The summed E-state index contributed by atoms with van der Waals surface area (Å²) >= 11 is 0. The third kappa shape index (κ3) is 4.63. The zero-order valence-electron chi connectivity index (χ0n) is 16.9. The van der Waals surface area contributed by atoms with Crippen LogP contribution in [0.5, 0.6) is 0 Å². The number of para-hydroxylation sites is 1. The van der Waals surface area contributed by atoms with E-state index < -0.39 is 19.9 Å². The highest BCUT2D eigenvalue weighted by Crippen LogP contribution is 2.26. The fourth-order valence-electron chi connectivity index (χ4n) is 3.58. The maximum atomic E-state index is 12.7. The number of fused-ring (bicyclic) bond motifs is 1. The highest BCUT2D eigenvalue weighted by atomic mass is 32.2. The Labute approximate surface area is 181 Å². The molecule has 2 aliphatic rings. The maximum absolute atomic E-state index is 12.7. The van der Waals surface area contributed by atoms with Gasteiger partial charge < -0.3 is 10.2 Å². The average Bonchev–Trinajstić information content (AvgIpc) is 2.73. The van der Waals surface area contributed by atoms with Crippen molar-refractivity contribution < 1.29 is 21.6 Å². The molecule has 0 atom stereocenters. The van der Waals surface area contributed by atoms with Gasteiger partial charge in [0.05, 0.1) is 17.1 Å². The van der Waals surface area contributed by atoms with Gasteiger partial charge in [-0.2, -0.15) is 8.42 Å². The van der Waals surface area contributed by atoms with Gasteiger partial charge in [-0.3, -0.25) is 9.69 Å². The Morgan fingerprint density at radius 2 is 1.68 bits per heavy atom. The first kappa shape index (κ1) is 21.5. The number of anilines is 1. The predicted molar refractivity (Wildman–Crippen MR) is 117 cm³/mol. The van der Waals surface area contributed by atoms with E-state index in [1.165, 1.54) is 30.3 Å². The fraction of sp³-hybridized carbons (Fsp3) is 0.300. The first-order valence-corrected chi connectivity index (χ1v) is 13.0. The summed E-state index contributed by atoms with van der Waals surface area (Å²) in [6.45, 7) is 2.41. The van der Waals surface area contributed by atoms with E-state index in [2.05, 4.69) is 9.71 Å². The molecule has 0 unspecified atom stereocenters. The van der Waals surface area contributed by atoms with Crippen molar-refractivity contribution in [2.24, 2.45) is 4.40 Å². The number of sulfone groups is 1. The van der Waals surface area contributed by atoms with E-state index in [1.54, 1.807) is 23.1 Å². The van der Waals surface area contributed by atoms with Crippen LogP contribution in [0.3, 0.4) is 0 Å². The molecule has 4 rings (SSSR count). The number of amidine groups is 1. The maximum Gasteiger partial charge on any atom is 0.286 e. The molecule has 0 saturated carbocycles. The molecule has 164 valence electrons. The van der Waals surface area contributed by atoms with Gasteiger partial charge in [-0.15, -0.1) is 4.40 Å². The molecular weight excluding hydrogens is 440 g/mol. The van der Waals surface area contributed by atoms with Gasteiger partial charge in [-0.1, -0.05) is 12.1 Å². The number of hydrogen-bond acceptors (Lipinski definition) is 7. The second-order valence-electron chi connectivity index (χ2n) is 7.50. The highest BCUT2D eigenvalue weighted by Gasteiger charge is 2.27. The lowest BCUT2D eigenvalue weighted by Crippen LogP contribution is -2.50. The largest absolute Gasteiger partial charge is 0.341 e. The summed E-state index contributed by atoms with van der Waals surface area (Å²) in [5.74, 6) is 0.194. The van der Waals surface area contributed by atoms with Crippen molar-refractivity contribution in [1.82, 2.24) is 9.80 Å².